The first kappa shape index (κ1) is 53.7. The fourth-order valence-corrected chi connectivity index (χ4v) is 11.0. The number of amides is 1. The number of piperazine rings is 1. The maximum atomic E-state index is 15.2. The van der Waals surface area contributed by atoms with Crippen molar-refractivity contribution in [2.45, 2.75) is 137 Å². The van der Waals surface area contributed by atoms with Crippen molar-refractivity contribution in [3.8, 4) is 17.2 Å². The van der Waals surface area contributed by atoms with Crippen LogP contribution in [0.15, 0.2) is 46.1 Å². The van der Waals surface area contributed by atoms with Crippen LogP contribution in [0, 0.1) is 36.5 Å². The lowest BCUT2D eigenvalue weighted by Gasteiger charge is -2.38. The van der Waals surface area contributed by atoms with Crippen molar-refractivity contribution in [1.82, 2.24) is 14.7 Å². The predicted molar refractivity (Wildman–Crippen MR) is 270 cm³/mol. The number of benzene rings is 2. The van der Waals surface area contributed by atoms with Crippen LogP contribution in [0.1, 0.15) is 104 Å². The number of piperidine rings is 1. The fraction of sp³-hybridized carbons (Fsp3) is 0.648. The molecule has 2 aromatic rings. The molecule has 10 atom stereocenters. The van der Waals surface area contributed by atoms with Crippen LogP contribution in [0.3, 0.4) is 0 Å². The van der Waals surface area contributed by atoms with Gasteiger partial charge in [-0.25, -0.2) is 0 Å². The maximum Gasteiger partial charge on any atom is 0.315 e. The number of phenols is 2. The molecular formula is C54H78N6O11. The lowest BCUT2D eigenvalue weighted by atomic mass is 9.78. The molecule has 5 bridgehead atoms. The molecule has 17 heteroatoms. The predicted octanol–water partition coefficient (Wildman–Crippen LogP) is 5.15. The highest BCUT2D eigenvalue weighted by Gasteiger charge is 2.53. The Morgan fingerprint density at radius 2 is 1.59 bits per heavy atom. The number of hydrogen-bond donors (Lipinski definition) is 5. The average molecular weight is 987 g/mol. The molecule has 71 heavy (non-hydrogen) atoms. The molecule has 17 nitrogen and oxygen atoms in total. The van der Waals surface area contributed by atoms with Crippen molar-refractivity contribution < 1.29 is 53.8 Å². The Balaban J connectivity index is 1.33. The molecule has 1 amide bonds. The van der Waals surface area contributed by atoms with Gasteiger partial charge in [0.25, 0.3) is 5.78 Å². The van der Waals surface area contributed by atoms with Crippen LogP contribution < -0.4 is 20.8 Å². The Bertz CT molecular complexity index is 2560. The Hall–Kier alpha value is -5.07. The van der Waals surface area contributed by atoms with E-state index in [4.69, 9.17) is 28.9 Å². The van der Waals surface area contributed by atoms with Crippen LogP contribution in [0.4, 0.5) is 5.69 Å². The van der Waals surface area contributed by atoms with Crippen LogP contribution >= 0.6 is 0 Å². The van der Waals surface area contributed by atoms with E-state index in [1.165, 1.54) is 13.4 Å². The van der Waals surface area contributed by atoms with E-state index in [9.17, 15) is 30.0 Å². The van der Waals surface area contributed by atoms with Gasteiger partial charge in [0.2, 0.25) is 5.91 Å². The number of carbonyl (C=O) groups excluding carboxylic acids is 3. The van der Waals surface area contributed by atoms with Crippen LogP contribution in [0.5, 0.6) is 17.2 Å². The van der Waals surface area contributed by atoms with Gasteiger partial charge in [-0.3, -0.25) is 24.4 Å². The van der Waals surface area contributed by atoms with E-state index < -0.39 is 83.8 Å². The van der Waals surface area contributed by atoms with Crippen LogP contribution in [-0.4, -0.2) is 155 Å². The van der Waals surface area contributed by atoms with Gasteiger partial charge in [-0.1, -0.05) is 66.7 Å². The van der Waals surface area contributed by atoms with E-state index in [-0.39, 0.29) is 56.8 Å². The number of carbonyl (C=O) groups is 3. The second-order valence-corrected chi connectivity index (χ2v) is 21.3. The standard InChI is InChI=1S/C54H78N6O11/c1-13-54-52(67)42-40-41(48(65)35(9)51(42)71-54)49(66)45(44-43(40)56-53(57-44)18-20-59(21-19-53)28-29(2)3)55-36(10)30(4)15-14-16-31(5)46(63)33(7)47(64)34(8)50(32(6)37(68-12)17-26-69-54)70-39(62)27-38(61)60-24-22-58(11)23-25-60/h14-17,26,29,31-34,36-37,46-47,50,56,63-66H,13,18-25,27-28H2,1-12H3/b16-14+,26-17+,30-15-,55-45?/t31-,32+,33+,34+,36?,37-,46-,47+,50+,54-/m0/s1. The van der Waals surface area contributed by atoms with Crippen LogP contribution in [-0.2, 0) is 23.8 Å². The van der Waals surface area contributed by atoms with E-state index >= 15 is 4.79 Å². The minimum Gasteiger partial charge on any atom is -0.507 e. The summed E-state index contributed by atoms with van der Waals surface area (Å²) in [5.74, 6) is -6.09. The van der Waals surface area contributed by atoms with Gasteiger partial charge >= 0.3 is 11.8 Å². The number of anilines is 1. The maximum absolute atomic E-state index is 15.2. The highest BCUT2D eigenvalue weighted by atomic mass is 16.7. The first-order chi connectivity index (χ1) is 33.6. The number of likely N-dealkylation sites (tertiary alicyclic amines) is 1. The molecule has 0 radical (unpaired) electrons. The number of aromatic hydroxyl groups is 2. The summed E-state index contributed by atoms with van der Waals surface area (Å²) >= 11 is 0. The number of nitrogens with one attached hydrogen (secondary N) is 1. The molecule has 2 fully saturated rings. The van der Waals surface area contributed by atoms with Gasteiger partial charge in [0.15, 0.2) is 5.75 Å². The number of aliphatic hydroxyl groups excluding tert-OH is 2. The van der Waals surface area contributed by atoms with Gasteiger partial charge in [0.05, 0.1) is 47.3 Å². The summed E-state index contributed by atoms with van der Waals surface area (Å²) in [6.45, 7) is 23.6. The van der Waals surface area contributed by atoms with E-state index in [1.54, 1.807) is 45.6 Å². The number of ether oxygens (including phenoxy) is 4. The fourth-order valence-electron chi connectivity index (χ4n) is 11.0. The van der Waals surface area contributed by atoms with E-state index in [1.807, 2.05) is 46.0 Å². The number of nitrogens with zero attached hydrogens (tertiary/aromatic N) is 5. The molecule has 0 saturated carbocycles. The van der Waals surface area contributed by atoms with Crippen molar-refractivity contribution in [2.75, 3.05) is 65.3 Å². The highest BCUT2D eigenvalue weighted by molar-refractivity contribution is 6.21. The number of allylic oxidation sites excluding steroid dienone is 2. The summed E-state index contributed by atoms with van der Waals surface area (Å²) in [5, 5.41) is 52.7. The molecule has 1 spiro atoms. The van der Waals surface area contributed by atoms with Crippen molar-refractivity contribution >= 4 is 34.1 Å². The summed E-state index contributed by atoms with van der Waals surface area (Å²) in [6, 6.07) is -0.496. The Morgan fingerprint density at radius 3 is 2.23 bits per heavy atom. The number of esters is 1. The number of methoxy groups -OCH3 is 1. The van der Waals surface area contributed by atoms with Gasteiger partial charge in [-0.2, -0.15) is 0 Å². The molecule has 6 heterocycles. The number of aliphatic hydroxyl groups is 2. The third-order valence-corrected chi connectivity index (χ3v) is 15.8. The molecule has 5 N–H and O–H groups in total. The quantitative estimate of drug-likeness (QED) is 0.138. The Morgan fingerprint density at radius 1 is 0.915 bits per heavy atom. The molecule has 6 aliphatic rings. The number of likely N-dealkylation sites (N-methyl/N-ethyl adjacent to an activating group) is 1. The molecule has 390 valence electrons. The van der Waals surface area contributed by atoms with Gasteiger partial charge in [0.1, 0.15) is 40.4 Å². The first-order valence-electron chi connectivity index (χ1n) is 25.6. The van der Waals surface area contributed by atoms with Gasteiger partial charge in [-0.05, 0) is 45.4 Å². The Kier molecular flexibility index (Phi) is 16.3. The zero-order chi connectivity index (χ0) is 51.9. The van der Waals surface area contributed by atoms with E-state index in [0.717, 1.165) is 25.2 Å². The Labute approximate surface area is 418 Å². The molecule has 8 rings (SSSR count). The minimum absolute atomic E-state index is 0.0375. The second kappa shape index (κ2) is 21.6. The number of phenolic OH excluding ortho intramolecular Hbond substituents is 2. The molecule has 2 aromatic carbocycles. The molecule has 0 aliphatic carbocycles. The SMILES string of the molecule is CC[C@@]12O/C=C/[C@H](OC)[C@@H](C)[C@@H](OC(=O)CC(=O)N3CCN(C)CC3)[C@H](C)[C@H](O)[C@H](C)[C@@H](O)[C@@H](C)/C=C/C=C(/C)C(C)N=c3c(O)c4c(O)c(C)c(c(c4c4c3=NC3(CCN(CC(C)C)CC3)N4)C1=O)O2. The molecule has 0 aromatic heterocycles. The monoisotopic (exact) mass is 987 g/mol. The normalized spacial score (nSPS) is 32.3. The summed E-state index contributed by atoms with van der Waals surface area (Å²) in [5.41, 5.74) is 0.884. The smallest absolute Gasteiger partial charge is 0.315 e. The third-order valence-electron chi connectivity index (χ3n) is 15.8. The average Bonchev–Trinajstić information content (AvgIpc) is 3.86. The zero-order valence-electron chi connectivity index (χ0n) is 43.8. The molecule has 2 saturated heterocycles. The van der Waals surface area contributed by atoms with E-state index in [0.29, 0.717) is 56.0 Å². The van der Waals surface area contributed by atoms with Crippen molar-refractivity contribution in [2.24, 2.45) is 39.6 Å². The number of fused-ring (bicyclic) bond motifs is 13. The lowest BCUT2D eigenvalue weighted by molar-refractivity contribution is -0.165. The van der Waals surface area contributed by atoms with Crippen LogP contribution in [0.2, 0.25) is 0 Å². The second-order valence-electron chi connectivity index (χ2n) is 21.3. The summed E-state index contributed by atoms with van der Waals surface area (Å²) in [4.78, 5) is 58.8. The van der Waals surface area contributed by atoms with Gasteiger partial charge in [-0.15, -0.1) is 0 Å². The number of hydrogen-bond acceptors (Lipinski definition) is 16. The summed E-state index contributed by atoms with van der Waals surface area (Å²) in [6.07, 6.45) is 5.25. The minimum atomic E-state index is -1.91. The topological polar surface area (TPSA) is 216 Å². The third kappa shape index (κ3) is 10.6. The van der Waals surface area contributed by atoms with Gasteiger partial charge in [0, 0.05) is 107 Å². The number of Topliss-reactive ketones (excluding diaryl/α,β-unsaturated/α-hetero) is 1. The largest absolute Gasteiger partial charge is 0.507 e. The summed E-state index contributed by atoms with van der Waals surface area (Å²) in [7, 11) is 3.45. The van der Waals surface area contributed by atoms with Crippen molar-refractivity contribution in [3.05, 3.63) is 58.0 Å². The molecule has 1 unspecified atom stereocenters. The highest BCUT2D eigenvalue weighted by Crippen LogP contribution is 2.52. The number of rotatable bonds is 7. The zero-order valence-corrected chi connectivity index (χ0v) is 43.8. The summed E-state index contributed by atoms with van der Waals surface area (Å²) < 4.78 is 25.1. The van der Waals surface area contributed by atoms with Crippen LogP contribution in [0.25, 0.3) is 10.8 Å². The number of ketones is 1. The van der Waals surface area contributed by atoms with Crippen molar-refractivity contribution in [3.63, 3.8) is 0 Å². The molecule has 6 aliphatic heterocycles. The van der Waals surface area contributed by atoms with Crippen molar-refractivity contribution in [1.29, 1.82) is 0 Å². The van der Waals surface area contributed by atoms with E-state index in [2.05, 4.69) is 29.0 Å². The van der Waals surface area contributed by atoms with Gasteiger partial charge < -0.3 is 59.4 Å². The lowest BCUT2D eigenvalue weighted by Crippen LogP contribution is -2.49. The first-order valence-corrected chi connectivity index (χ1v) is 25.6. The molecular weight excluding hydrogens is 909 g/mol.